The molecule has 2 aromatic carbocycles. The van der Waals surface area contributed by atoms with Crippen molar-refractivity contribution in [1.29, 1.82) is 0 Å². The van der Waals surface area contributed by atoms with E-state index in [1.165, 1.54) is 12.7 Å². The summed E-state index contributed by atoms with van der Waals surface area (Å²) >= 11 is 0. The number of hydrogen-bond acceptors (Lipinski definition) is 4. The number of rotatable bonds is 3. The van der Waals surface area contributed by atoms with Crippen molar-refractivity contribution in [3.8, 4) is 0 Å². The van der Waals surface area contributed by atoms with Gasteiger partial charge in [0.2, 0.25) is 0 Å². The Morgan fingerprint density at radius 3 is 2.21 bits per heavy atom. The van der Waals surface area contributed by atoms with E-state index in [9.17, 15) is 9.59 Å². The van der Waals surface area contributed by atoms with Crippen LogP contribution in [0, 0.1) is 20.8 Å². The van der Waals surface area contributed by atoms with Crippen LogP contribution in [-0.2, 0) is 4.74 Å². The third-order valence-corrected chi connectivity index (χ3v) is 5.11. The Morgan fingerprint density at radius 1 is 0.964 bits per heavy atom. The summed E-state index contributed by atoms with van der Waals surface area (Å²) in [6.45, 7) is 8.76. The Balaban J connectivity index is 1.63. The highest BCUT2D eigenvalue weighted by molar-refractivity contribution is 5.92. The normalized spacial score (nSPS) is 14.0. The number of benzene rings is 2. The van der Waals surface area contributed by atoms with Gasteiger partial charge in [-0.3, -0.25) is 0 Å². The van der Waals surface area contributed by atoms with E-state index in [1.54, 1.807) is 6.07 Å². The number of ether oxygens (including phenoxy) is 1. The number of hydrogen-bond donors (Lipinski definition) is 1. The minimum atomic E-state index is -0.344. The summed E-state index contributed by atoms with van der Waals surface area (Å²) in [7, 11) is 1.38. The van der Waals surface area contributed by atoms with E-state index >= 15 is 0 Å². The number of methoxy groups -OCH3 is 1. The van der Waals surface area contributed by atoms with E-state index < -0.39 is 0 Å². The highest BCUT2D eigenvalue weighted by Gasteiger charge is 2.22. The molecular weight excluding hydrogens is 354 g/mol. The lowest BCUT2D eigenvalue weighted by molar-refractivity contribution is 0.0600. The average Bonchev–Trinajstić information content (AvgIpc) is 2.70. The van der Waals surface area contributed by atoms with E-state index in [1.807, 2.05) is 36.9 Å². The van der Waals surface area contributed by atoms with Crippen LogP contribution in [0.5, 0.6) is 0 Å². The fraction of sp³-hybridized carbons (Fsp3) is 0.364. The molecule has 1 aliphatic heterocycles. The van der Waals surface area contributed by atoms with Crippen molar-refractivity contribution in [2.45, 2.75) is 20.8 Å². The summed E-state index contributed by atoms with van der Waals surface area (Å²) < 4.78 is 4.79. The van der Waals surface area contributed by atoms with Gasteiger partial charge >= 0.3 is 12.0 Å². The SMILES string of the molecule is COC(=O)c1cccc(N2CCN(C(=O)Nc3c(C)cc(C)cc3C)CC2)c1. The van der Waals surface area contributed by atoms with Crippen molar-refractivity contribution in [1.82, 2.24) is 4.90 Å². The molecule has 0 radical (unpaired) electrons. The number of nitrogens with zero attached hydrogens (tertiary/aromatic N) is 2. The molecular formula is C22H27N3O3. The zero-order chi connectivity index (χ0) is 20.3. The predicted octanol–water partition coefficient (Wildman–Crippen LogP) is 3.75. The number of esters is 1. The van der Waals surface area contributed by atoms with Crippen molar-refractivity contribution < 1.29 is 14.3 Å². The first kappa shape index (κ1) is 19.7. The van der Waals surface area contributed by atoms with Crippen LogP contribution in [0.15, 0.2) is 36.4 Å². The van der Waals surface area contributed by atoms with Crippen LogP contribution in [-0.4, -0.2) is 50.2 Å². The highest BCUT2D eigenvalue weighted by atomic mass is 16.5. The summed E-state index contributed by atoms with van der Waals surface area (Å²) in [6, 6.07) is 11.5. The van der Waals surface area contributed by atoms with Gasteiger partial charge in [0, 0.05) is 37.6 Å². The molecule has 1 aliphatic rings. The number of anilines is 2. The maximum absolute atomic E-state index is 12.7. The number of urea groups is 1. The molecule has 1 fully saturated rings. The predicted molar refractivity (Wildman–Crippen MR) is 111 cm³/mol. The molecule has 2 aromatic rings. The summed E-state index contributed by atoms with van der Waals surface area (Å²) in [5, 5.41) is 3.07. The smallest absolute Gasteiger partial charge is 0.337 e. The van der Waals surface area contributed by atoms with Gasteiger partial charge in [0.25, 0.3) is 0 Å². The summed E-state index contributed by atoms with van der Waals surface area (Å²) in [5.41, 5.74) is 5.73. The third-order valence-electron chi connectivity index (χ3n) is 5.11. The number of nitrogens with one attached hydrogen (secondary N) is 1. The van der Waals surface area contributed by atoms with Gasteiger partial charge in [0.1, 0.15) is 0 Å². The molecule has 148 valence electrons. The second kappa shape index (κ2) is 8.33. The van der Waals surface area contributed by atoms with Gasteiger partial charge in [-0.15, -0.1) is 0 Å². The molecule has 0 spiro atoms. The topological polar surface area (TPSA) is 61.9 Å². The summed E-state index contributed by atoms with van der Waals surface area (Å²) in [5.74, 6) is -0.344. The number of carbonyl (C=O) groups excluding carboxylic acids is 2. The van der Waals surface area contributed by atoms with Crippen LogP contribution in [0.2, 0.25) is 0 Å². The van der Waals surface area contributed by atoms with E-state index in [4.69, 9.17) is 4.74 Å². The van der Waals surface area contributed by atoms with E-state index in [-0.39, 0.29) is 12.0 Å². The maximum atomic E-state index is 12.7. The lowest BCUT2D eigenvalue weighted by atomic mass is 10.1. The van der Waals surface area contributed by atoms with Crippen LogP contribution < -0.4 is 10.2 Å². The van der Waals surface area contributed by atoms with Crippen LogP contribution in [0.25, 0.3) is 0 Å². The van der Waals surface area contributed by atoms with Crippen molar-refractivity contribution in [2.75, 3.05) is 43.5 Å². The molecule has 1 saturated heterocycles. The number of amides is 2. The first-order valence-corrected chi connectivity index (χ1v) is 9.46. The van der Waals surface area contributed by atoms with Gasteiger partial charge in [-0.2, -0.15) is 0 Å². The third kappa shape index (κ3) is 4.27. The summed E-state index contributed by atoms with van der Waals surface area (Å²) in [4.78, 5) is 28.5. The molecule has 3 rings (SSSR count). The van der Waals surface area contributed by atoms with Gasteiger partial charge in [-0.1, -0.05) is 23.8 Å². The lowest BCUT2D eigenvalue weighted by Gasteiger charge is -2.36. The fourth-order valence-electron chi connectivity index (χ4n) is 3.68. The monoisotopic (exact) mass is 381 g/mol. The lowest BCUT2D eigenvalue weighted by Crippen LogP contribution is -2.50. The van der Waals surface area contributed by atoms with Crippen LogP contribution >= 0.6 is 0 Å². The molecule has 2 amide bonds. The zero-order valence-electron chi connectivity index (χ0n) is 16.9. The molecule has 0 bridgehead atoms. The standard InChI is InChI=1S/C22H27N3O3/c1-15-12-16(2)20(17(3)13-15)23-22(27)25-10-8-24(9-11-25)19-7-5-6-18(14-19)21(26)28-4/h5-7,12-14H,8-11H2,1-4H3,(H,23,27). The van der Waals surface area contributed by atoms with E-state index in [0.29, 0.717) is 31.7 Å². The van der Waals surface area contributed by atoms with Crippen LogP contribution in [0.4, 0.5) is 16.2 Å². The van der Waals surface area contributed by atoms with Gasteiger partial charge < -0.3 is 19.9 Å². The first-order valence-electron chi connectivity index (χ1n) is 9.46. The molecule has 1 heterocycles. The Morgan fingerprint density at radius 2 is 1.61 bits per heavy atom. The van der Waals surface area contributed by atoms with Gasteiger partial charge in [-0.25, -0.2) is 9.59 Å². The molecule has 28 heavy (non-hydrogen) atoms. The Labute approximate surface area is 166 Å². The highest BCUT2D eigenvalue weighted by Crippen LogP contribution is 2.23. The molecule has 0 unspecified atom stereocenters. The van der Waals surface area contributed by atoms with Crippen molar-refractivity contribution in [3.63, 3.8) is 0 Å². The molecule has 0 aromatic heterocycles. The van der Waals surface area contributed by atoms with Crippen molar-refractivity contribution in [2.24, 2.45) is 0 Å². The fourth-order valence-corrected chi connectivity index (χ4v) is 3.68. The molecule has 0 aliphatic carbocycles. The zero-order valence-corrected chi connectivity index (χ0v) is 16.9. The average molecular weight is 381 g/mol. The van der Waals surface area contributed by atoms with Gasteiger partial charge in [0.05, 0.1) is 12.7 Å². The number of aryl methyl sites for hydroxylation is 3. The number of carbonyl (C=O) groups is 2. The minimum absolute atomic E-state index is 0.0713. The maximum Gasteiger partial charge on any atom is 0.337 e. The molecule has 0 saturated carbocycles. The second-order valence-electron chi connectivity index (χ2n) is 7.22. The van der Waals surface area contributed by atoms with Crippen molar-refractivity contribution >= 4 is 23.4 Å². The summed E-state index contributed by atoms with van der Waals surface area (Å²) in [6.07, 6.45) is 0. The van der Waals surface area contributed by atoms with Gasteiger partial charge in [-0.05, 0) is 50.1 Å². The minimum Gasteiger partial charge on any atom is -0.465 e. The molecule has 6 heteroatoms. The van der Waals surface area contributed by atoms with E-state index in [0.717, 1.165) is 22.5 Å². The van der Waals surface area contributed by atoms with Crippen molar-refractivity contribution in [3.05, 3.63) is 58.7 Å². The Bertz CT molecular complexity index is 863. The second-order valence-corrected chi connectivity index (χ2v) is 7.22. The first-order chi connectivity index (χ1) is 13.4. The molecule has 0 atom stereocenters. The number of piperazine rings is 1. The Hall–Kier alpha value is -3.02. The van der Waals surface area contributed by atoms with Crippen LogP contribution in [0.3, 0.4) is 0 Å². The quantitative estimate of drug-likeness (QED) is 0.823. The largest absolute Gasteiger partial charge is 0.465 e. The van der Waals surface area contributed by atoms with Crippen LogP contribution in [0.1, 0.15) is 27.0 Å². The van der Waals surface area contributed by atoms with Gasteiger partial charge in [0.15, 0.2) is 0 Å². The van der Waals surface area contributed by atoms with E-state index in [2.05, 4.69) is 29.3 Å². The molecule has 6 nitrogen and oxygen atoms in total. The molecule has 1 N–H and O–H groups in total. The Kier molecular flexibility index (Phi) is 5.87.